The van der Waals surface area contributed by atoms with Crippen LogP contribution in [0.15, 0.2) is 27.9 Å². The molecular formula is C77H135N3O10. The zero-order valence-corrected chi connectivity index (χ0v) is 58.4. The van der Waals surface area contributed by atoms with E-state index >= 15 is 0 Å². The van der Waals surface area contributed by atoms with Gasteiger partial charge in [-0.25, -0.2) is 9.59 Å². The Hall–Kier alpha value is -3.97. The van der Waals surface area contributed by atoms with E-state index in [4.69, 9.17) is 23.7 Å². The first-order valence-corrected chi connectivity index (χ1v) is 38.1. The van der Waals surface area contributed by atoms with E-state index in [0.717, 1.165) is 44.3 Å². The van der Waals surface area contributed by atoms with Crippen molar-refractivity contribution in [3.63, 3.8) is 0 Å². The molecule has 13 heteroatoms. The molecule has 1 fully saturated rings. The van der Waals surface area contributed by atoms with Crippen LogP contribution in [0.1, 0.15) is 375 Å². The number of H-pyrrole nitrogens is 1. The molecule has 0 saturated carbocycles. The molecule has 3 rings (SSSR count). The van der Waals surface area contributed by atoms with Crippen LogP contribution in [-0.4, -0.2) is 73.1 Å². The Morgan fingerprint density at radius 3 is 1.30 bits per heavy atom. The molecule has 2 heterocycles. The van der Waals surface area contributed by atoms with Crippen LogP contribution in [0, 0.1) is 6.92 Å². The molecule has 1 saturated heterocycles. The maximum Gasteiger partial charge on any atom is 0.338 e. The molecule has 13 nitrogen and oxygen atoms in total. The summed E-state index contributed by atoms with van der Waals surface area (Å²) in [5, 5.41) is 3.17. The highest BCUT2D eigenvalue weighted by molar-refractivity contribution is 5.90. The quantitative estimate of drug-likeness (QED) is 0.0368. The number of esters is 3. The fourth-order valence-electron chi connectivity index (χ4n) is 12.7. The molecule has 2 aromatic rings. The van der Waals surface area contributed by atoms with Crippen molar-refractivity contribution in [3.05, 3.63) is 61.4 Å². The molecule has 0 aliphatic carbocycles. The molecule has 0 unspecified atom stereocenters. The standard InChI is InChI=1S/C77H135N3O10/c1-5-8-11-14-17-20-23-26-29-32-35-38-41-44-47-50-53-67-60-68(76(84)88-59-58-87-73(81)55-56-74(82)89-65-69-62-78-63-72(90-69)80-64-66(4)75(83)79-77(80)85)61-71(86-57-52-49-46-43-40-37-34-31-28-25-22-19-16-13-10-7-3)70(67)54-51-48-45-42-39-36-33-30-27-24-21-18-15-12-9-6-2/h60-61,64,69,72,78H,5-59,62-63,65H2,1-4H3,(H,79,83,85)/t69-,72+/m0/s1. The van der Waals surface area contributed by atoms with E-state index < -0.39 is 41.5 Å². The Labute approximate surface area is 549 Å². The second kappa shape index (κ2) is 56.6. The van der Waals surface area contributed by atoms with Crippen molar-refractivity contribution in [2.24, 2.45) is 0 Å². The van der Waals surface area contributed by atoms with Crippen molar-refractivity contribution in [2.45, 2.75) is 374 Å². The Balaban J connectivity index is 1.55. The third-order valence-corrected chi connectivity index (χ3v) is 18.4. The third-order valence-electron chi connectivity index (χ3n) is 18.4. The molecule has 0 spiro atoms. The van der Waals surface area contributed by atoms with Gasteiger partial charge in [0.2, 0.25) is 0 Å². The number of carbonyl (C=O) groups is 3. The number of nitrogens with one attached hydrogen (secondary N) is 2. The summed E-state index contributed by atoms with van der Waals surface area (Å²) >= 11 is 0. The first-order chi connectivity index (χ1) is 44.2. The number of unbranched alkanes of at least 4 members (excludes halogenated alkanes) is 45. The van der Waals surface area contributed by atoms with E-state index in [-0.39, 0.29) is 32.7 Å². The largest absolute Gasteiger partial charge is 0.493 e. The number of carbonyl (C=O) groups excluding carboxylic acids is 3. The molecule has 2 atom stereocenters. The molecule has 518 valence electrons. The Morgan fingerprint density at radius 2 is 0.856 bits per heavy atom. The summed E-state index contributed by atoms with van der Waals surface area (Å²) in [5.74, 6) is -0.841. The third kappa shape index (κ3) is 41.6. The predicted molar refractivity (Wildman–Crippen MR) is 372 cm³/mol. The summed E-state index contributed by atoms with van der Waals surface area (Å²) < 4.78 is 30.6. The average molecular weight is 1260 g/mol. The lowest BCUT2D eigenvalue weighted by molar-refractivity contribution is -0.157. The van der Waals surface area contributed by atoms with Crippen LogP contribution >= 0.6 is 0 Å². The lowest BCUT2D eigenvalue weighted by atomic mass is 9.93. The van der Waals surface area contributed by atoms with Gasteiger partial charge in [0.25, 0.3) is 5.56 Å². The Kier molecular flexibility index (Phi) is 50.4. The summed E-state index contributed by atoms with van der Waals surface area (Å²) in [6.07, 6.45) is 65.3. The van der Waals surface area contributed by atoms with Crippen molar-refractivity contribution in [1.82, 2.24) is 14.9 Å². The highest BCUT2D eigenvalue weighted by Crippen LogP contribution is 2.31. The first kappa shape index (κ1) is 80.3. The van der Waals surface area contributed by atoms with Crippen LogP contribution in [0.5, 0.6) is 5.75 Å². The van der Waals surface area contributed by atoms with Crippen molar-refractivity contribution >= 4 is 17.9 Å². The smallest absolute Gasteiger partial charge is 0.338 e. The topological polar surface area (TPSA) is 164 Å². The molecule has 90 heavy (non-hydrogen) atoms. The molecule has 0 amide bonds. The van der Waals surface area contributed by atoms with Crippen molar-refractivity contribution in [2.75, 3.05) is 39.5 Å². The monoisotopic (exact) mass is 1260 g/mol. The van der Waals surface area contributed by atoms with Gasteiger partial charge in [0.15, 0.2) is 6.23 Å². The van der Waals surface area contributed by atoms with Crippen LogP contribution in [0.2, 0.25) is 0 Å². The van der Waals surface area contributed by atoms with Crippen LogP contribution in [0.3, 0.4) is 0 Å². The van der Waals surface area contributed by atoms with Crippen LogP contribution in [-0.2, 0) is 41.4 Å². The number of aromatic amines is 1. The number of hydrogen-bond donors (Lipinski definition) is 2. The fourth-order valence-corrected chi connectivity index (χ4v) is 12.7. The predicted octanol–water partition coefficient (Wildman–Crippen LogP) is 20.3. The number of morpholine rings is 1. The van der Waals surface area contributed by atoms with Gasteiger partial charge < -0.3 is 29.0 Å². The Bertz CT molecular complexity index is 2190. The van der Waals surface area contributed by atoms with Crippen LogP contribution in [0.25, 0.3) is 0 Å². The number of nitrogens with zero attached hydrogens (tertiary/aromatic N) is 1. The summed E-state index contributed by atoms with van der Waals surface area (Å²) in [5.41, 5.74) is 2.25. The van der Waals surface area contributed by atoms with E-state index in [0.29, 0.717) is 30.8 Å². The number of benzene rings is 1. The van der Waals surface area contributed by atoms with Crippen LogP contribution in [0.4, 0.5) is 0 Å². The molecule has 0 bridgehead atoms. The van der Waals surface area contributed by atoms with Crippen molar-refractivity contribution in [3.8, 4) is 5.75 Å². The second-order valence-corrected chi connectivity index (χ2v) is 26.8. The molecule has 1 aliphatic heterocycles. The summed E-state index contributed by atoms with van der Waals surface area (Å²) in [6.45, 7) is 9.47. The van der Waals surface area contributed by atoms with Gasteiger partial charge in [0.1, 0.15) is 31.7 Å². The summed E-state index contributed by atoms with van der Waals surface area (Å²) in [6, 6.07) is 3.96. The van der Waals surface area contributed by atoms with Crippen LogP contribution < -0.4 is 21.3 Å². The molecule has 0 radical (unpaired) electrons. The van der Waals surface area contributed by atoms with Gasteiger partial charge in [-0.1, -0.05) is 310 Å². The average Bonchev–Trinajstić information content (AvgIpc) is 1.34. The molecule has 2 N–H and O–H groups in total. The Morgan fingerprint density at radius 1 is 0.467 bits per heavy atom. The van der Waals surface area contributed by atoms with Gasteiger partial charge >= 0.3 is 23.6 Å². The highest BCUT2D eigenvalue weighted by Gasteiger charge is 2.26. The molecule has 1 aliphatic rings. The first-order valence-electron chi connectivity index (χ1n) is 38.1. The molecule has 1 aromatic heterocycles. The van der Waals surface area contributed by atoms with E-state index in [9.17, 15) is 24.0 Å². The highest BCUT2D eigenvalue weighted by atomic mass is 16.6. The minimum Gasteiger partial charge on any atom is -0.493 e. The zero-order chi connectivity index (χ0) is 64.6. The van der Waals surface area contributed by atoms with E-state index in [1.165, 1.54) is 304 Å². The van der Waals surface area contributed by atoms with Crippen molar-refractivity contribution in [1.29, 1.82) is 0 Å². The number of rotatable bonds is 62. The summed E-state index contributed by atoms with van der Waals surface area (Å²) in [7, 11) is 0. The van der Waals surface area contributed by atoms with E-state index in [1.54, 1.807) is 6.92 Å². The van der Waals surface area contributed by atoms with E-state index in [2.05, 4.69) is 31.1 Å². The minimum atomic E-state index is -0.697. The number of ether oxygens (including phenoxy) is 5. The maximum absolute atomic E-state index is 13.9. The SMILES string of the molecule is CCCCCCCCCCCCCCCCCCOc1cc(C(=O)OCCOC(=O)CCC(=O)OC[C@@H]2CNC[C@H](n3cc(C)c(=O)[nH]c3=O)O2)cc(CCCCCCCCCCCCCCCCCC)c1CCCCCCCCCCCCCCCCCC. The summed E-state index contributed by atoms with van der Waals surface area (Å²) in [4.78, 5) is 65.9. The normalized spacial score (nSPS) is 14.1. The van der Waals surface area contributed by atoms with Crippen molar-refractivity contribution < 1.29 is 38.1 Å². The fraction of sp³-hybridized carbons (Fsp3) is 0.831. The molecular weight excluding hydrogens is 1130 g/mol. The van der Waals surface area contributed by atoms with Gasteiger partial charge in [0, 0.05) is 24.8 Å². The number of aryl methyl sites for hydroxylation is 2. The van der Waals surface area contributed by atoms with E-state index in [1.807, 2.05) is 12.1 Å². The van der Waals surface area contributed by atoms with Gasteiger partial charge in [-0.3, -0.25) is 23.9 Å². The number of aromatic nitrogens is 2. The van der Waals surface area contributed by atoms with Gasteiger partial charge in [-0.15, -0.1) is 0 Å². The van der Waals surface area contributed by atoms with Gasteiger partial charge in [-0.2, -0.15) is 0 Å². The second-order valence-electron chi connectivity index (χ2n) is 26.8. The van der Waals surface area contributed by atoms with Gasteiger partial charge in [0.05, 0.1) is 25.0 Å². The lowest BCUT2D eigenvalue weighted by Gasteiger charge is -2.31. The minimum absolute atomic E-state index is 0.0849. The number of hydrogen-bond acceptors (Lipinski definition) is 11. The zero-order valence-electron chi connectivity index (χ0n) is 58.4. The molecule has 1 aromatic carbocycles. The lowest BCUT2D eigenvalue weighted by Crippen LogP contribution is -2.48. The maximum atomic E-state index is 13.9. The van der Waals surface area contributed by atoms with Gasteiger partial charge in [-0.05, 0) is 62.3 Å².